The second kappa shape index (κ2) is 6.63. The topological polar surface area (TPSA) is 61.3 Å². The zero-order chi connectivity index (χ0) is 13.7. The Morgan fingerprint density at radius 3 is 2.89 bits per heavy atom. The van der Waals surface area contributed by atoms with E-state index in [9.17, 15) is 0 Å². The van der Waals surface area contributed by atoms with Gasteiger partial charge in [-0.05, 0) is 31.5 Å². The number of thioether (sulfide) groups is 1. The maximum Gasteiger partial charge on any atom is 0.256 e. The largest absolute Gasteiger partial charge is 0.493 e. The first-order chi connectivity index (χ1) is 9.19. The van der Waals surface area contributed by atoms with Crippen LogP contribution in [0.4, 0.5) is 0 Å². The van der Waals surface area contributed by atoms with E-state index in [0.29, 0.717) is 18.4 Å². The minimum atomic E-state index is 0.529. The Hall–Kier alpha value is -1.46. The predicted octanol–water partition coefficient (Wildman–Crippen LogP) is 2.92. The van der Waals surface area contributed by atoms with Crippen LogP contribution in [0.2, 0.25) is 0 Å². The van der Waals surface area contributed by atoms with Crippen molar-refractivity contribution < 1.29 is 9.15 Å². The summed E-state index contributed by atoms with van der Waals surface area (Å²) in [7, 11) is 0. The van der Waals surface area contributed by atoms with Crippen LogP contribution >= 0.6 is 11.8 Å². The van der Waals surface area contributed by atoms with Crippen LogP contribution in [0, 0.1) is 13.8 Å². The molecule has 4 nitrogen and oxygen atoms in total. The number of benzene rings is 1. The van der Waals surface area contributed by atoms with Gasteiger partial charge in [0.15, 0.2) is 0 Å². The molecule has 0 aliphatic carbocycles. The lowest BCUT2D eigenvalue weighted by Gasteiger charge is -2.06. The van der Waals surface area contributed by atoms with E-state index in [-0.39, 0.29) is 0 Å². The van der Waals surface area contributed by atoms with E-state index in [4.69, 9.17) is 14.9 Å². The Kier molecular flexibility index (Phi) is 4.87. The maximum atomic E-state index is 5.66. The van der Waals surface area contributed by atoms with Crippen molar-refractivity contribution in [1.29, 1.82) is 0 Å². The first kappa shape index (κ1) is 14.0. The molecule has 0 unspecified atom stereocenters. The van der Waals surface area contributed by atoms with Gasteiger partial charge in [0, 0.05) is 12.3 Å². The molecule has 0 radical (unpaired) electrons. The fraction of sp³-hybridized carbons (Fsp3) is 0.357. The summed E-state index contributed by atoms with van der Waals surface area (Å²) in [6.45, 7) is 5.00. The predicted molar refractivity (Wildman–Crippen MR) is 76.5 cm³/mol. The zero-order valence-electron chi connectivity index (χ0n) is 11.2. The van der Waals surface area contributed by atoms with Crippen molar-refractivity contribution in [1.82, 2.24) is 4.98 Å². The van der Waals surface area contributed by atoms with E-state index < -0.39 is 0 Å². The van der Waals surface area contributed by atoms with Crippen molar-refractivity contribution in [2.24, 2.45) is 5.73 Å². The zero-order valence-corrected chi connectivity index (χ0v) is 12.0. The number of nitrogens with zero attached hydrogens (tertiary/aromatic N) is 1. The summed E-state index contributed by atoms with van der Waals surface area (Å²) < 4.78 is 11.1. The summed E-state index contributed by atoms with van der Waals surface area (Å²) in [5.41, 5.74) is 7.60. The SMILES string of the molecule is Cc1nc(SCCOc2cccc(CN)c2)oc1C. The Morgan fingerprint density at radius 2 is 2.21 bits per heavy atom. The molecule has 5 heteroatoms. The number of hydrogen-bond acceptors (Lipinski definition) is 5. The van der Waals surface area contributed by atoms with Crippen molar-refractivity contribution in [2.45, 2.75) is 25.6 Å². The smallest absolute Gasteiger partial charge is 0.256 e. The maximum absolute atomic E-state index is 5.66. The lowest BCUT2D eigenvalue weighted by Crippen LogP contribution is -2.01. The fourth-order valence-corrected chi connectivity index (χ4v) is 2.28. The number of aromatic nitrogens is 1. The monoisotopic (exact) mass is 278 g/mol. The third-order valence-electron chi connectivity index (χ3n) is 2.72. The molecule has 1 aromatic heterocycles. The molecule has 0 amide bonds. The van der Waals surface area contributed by atoms with E-state index in [2.05, 4.69) is 4.98 Å². The number of hydrogen-bond donors (Lipinski definition) is 1. The first-order valence-corrected chi connectivity index (χ1v) is 7.16. The molecule has 0 saturated carbocycles. The summed E-state index contributed by atoms with van der Waals surface area (Å²) in [6, 6.07) is 7.83. The van der Waals surface area contributed by atoms with Crippen LogP contribution < -0.4 is 10.5 Å². The van der Waals surface area contributed by atoms with Gasteiger partial charge in [-0.2, -0.15) is 0 Å². The van der Waals surface area contributed by atoms with Gasteiger partial charge >= 0.3 is 0 Å². The van der Waals surface area contributed by atoms with E-state index in [0.717, 1.165) is 28.5 Å². The highest BCUT2D eigenvalue weighted by molar-refractivity contribution is 7.99. The highest BCUT2D eigenvalue weighted by atomic mass is 32.2. The summed E-state index contributed by atoms with van der Waals surface area (Å²) in [4.78, 5) is 4.31. The van der Waals surface area contributed by atoms with Crippen LogP contribution in [0.5, 0.6) is 5.75 Å². The molecule has 0 atom stereocenters. The van der Waals surface area contributed by atoms with Gasteiger partial charge in [-0.15, -0.1) is 0 Å². The third kappa shape index (κ3) is 4.01. The molecule has 102 valence electrons. The molecule has 2 rings (SSSR count). The molecule has 0 fully saturated rings. The summed E-state index contributed by atoms with van der Waals surface area (Å²) >= 11 is 1.56. The van der Waals surface area contributed by atoms with Gasteiger partial charge in [-0.3, -0.25) is 0 Å². The molecule has 1 aromatic carbocycles. The molecule has 19 heavy (non-hydrogen) atoms. The van der Waals surface area contributed by atoms with Gasteiger partial charge in [-0.25, -0.2) is 4.98 Å². The average molecular weight is 278 g/mol. The number of nitrogens with two attached hydrogens (primary N) is 1. The van der Waals surface area contributed by atoms with E-state index in [1.807, 2.05) is 38.1 Å². The van der Waals surface area contributed by atoms with Gasteiger partial charge in [0.2, 0.25) is 0 Å². The van der Waals surface area contributed by atoms with Crippen molar-refractivity contribution in [3.8, 4) is 5.75 Å². The van der Waals surface area contributed by atoms with Gasteiger partial charge in [0.05, 0.1) is 12.3 Å². The summed E-state index contributed by atoms with van der Waals surface area (Å²) in [5.74, 6) is 2.52. The van der Waals surface area contributed by atoms with E-state index >= 15 is 0 Å². The number of aryl methyl sites for hydroxylation is 2. The number of ether oxygens (including phenoxy) is 1. The number of rotatable bonds is 6. The van der Waals surface area contributed by atoms with Gasteiger partial charge in [-0.1, -0.05) is 23.9 Å². The van der Waals surface area contributed by atoms with E-state index in [1.165, 1.54) is 0 Å². The Labute approximate surface area is 117 Å². The second-order valence-electron chi connectivity index (χ2n) is 4.17. The van der Waals surface area contributed by atoms with Crippen LogP contribution in [0.1, 0.15) is 17.0 Å². The Morgan fingerprint density at radius 1 is 1.37 bits per heavy atom. The molecule has 2 N–H and O–H groups in total. The molecular weight excluding hydrogens is 260 g/mol. The molecule has 0 aliphatic heterocycles. The molecular formula is C14H18N2O2S. The van der Waals surface area contributed by atoms with Gasteiger partial charge < -0.3 is 14.9 Å². The highest BCUT2D eigenvalue weighted by Gasteiger charge is 2.05. The van der Waals surface area contributed by atoms with Gasteiger partial charge in [0.25, 0.3) is 5.22 Å². The lowest BCUT2D eigenvalue weighted by atomic mass is 10.2. The van der Waals surface area contributed by atoms with Crippen LogP contribution in [0.3, 0.4) is 0 Å². The van der Waals surface area contributed by atoms with Crippen molar-refractivity contribution in [3.63, 3.8) is 0 Å². The average Bonchev–Trinajstić information content (AvgIpc) is 2.74. The molecule has 1 heterocycles. The standard InChI is InChI=1S/C14H18N2O2S/c1-10-11(2)18-14(16-10)19-7-6-17-13-5-3-4-12(8-13)9-15/h3-5,8H,6-7,9,15H2,1-2H3. The summed E-state index contributed by atoms with van der Waals surface area (Å²) in [5, 5.41) is 0.703. The molecule has 0 saturated heterocycles. The minimum Gasteiger partial charge on any atom is -0.493 e. The van der Waals surface area contributed by atoms with E-state index in [1.54, 1.807) is 11.8 Å². The molecule has 0 spiro atoms. The third-order valence-corrected chi connectivity index (χ3v) is 3.51. The lowest BCUT2D eigenvalue weighted by molar-refractivity contribution is 0.342. The van der Waals surface area contributed by atoms with Crippen molar-refractivity contribution >= 4 is 11.8 Å². The minimum absolute atomic E-state index is 0.529. The van der Waals surface area contributed by atoms with Gasteiger partial charge in [0.1, 0.15) is 11.5 Å². The fourth-order valence-electron chi connectivity index (χ4n) is 1.56. The first-order valence-electron chi connectivity index (χ1n) is 6.17. The van der Waals surface area contributed by atoms with Crippen LogP contribution in [0.25, 0.3) is 0 Å². The van der Waals surface area contributed by atoms with Crippen LogP contribution in [-0.2, 0) is 6.54 Å². The quantitative estimate of drug-likeness (QED) is 0.650. The molecule has 0 bridgehead atoms. The molecule has 0 aliphatic rings. The summed E-state index contributed by atoms with van der Waals surface area (Å²) in [6.07, 6.45) is 0. The Bertz CT molecular complexity index is 520. The normalized spacial score (nSPS) is 10.7. The van der Waals surface area contributed by atoms with Crippen molar-refractivity contribution in [3.05, 3.63) is 41.3 Å². The van der Waals surface area contributed by atoms with Crippen LogP contribution in [0.15, 0.2) is 33.9 Å². The Balaban J connectivity index is 1.77. The molecule has 2 aromatic rings. The highest BCUT2D eigenvalue weighted by Crippen LogP contribution is 2.20. The number of oxazole rings is 1. The van der Waals surface area contributed by atoms with Crippen molar-refractivity contribution in [2.75, 3.05) is 12.4 Å². The second-order valence-corrected chi connectivity index (χ2v) is 5.22. The van der Waals surface area contributed by atoms with Crippen LogP contribution in [-0.4, -0.2) is 17.3 Å².